The molecule has 1 fully saturated rings. The molecule has 1 saturated heterocycles. The van der Waals surface area contributed by atoms with Gasteiger partial charge in [-0.3, -0.25) is 0 Å². The van der Waals surface area contributed by atoms with Crippen LogP contribution in [0.5, 0.6) is 0 Å². The van der Waals surface area contributed by atoms with Crippen LogP contribution in [0.1, 0.15) is 55.8 Å². The Bertz CT molecular complexity index is 520. The molecule has 1 heterocycles. The van der Waals surface area contributed by atoms with E-state index in [9.17, 15) is 8.78 Å². The highest BCUT2D eigenvalue weighted by Gasteiger charge is 2.31. The van der Waals surface area contributed by atoms with Gasteiger partial charge in [-0.15, -0.1) is 0 Å². The average molecular weight is 278 g/mol. The molecule has 1 aliphatic heterocycles. The topological polar surface area (TPSA) is 12.5 Å². The predicted molar refractivity (Wildman–Crippen MR) is 74.6 cm³/mol. The molecular weight excluding hydrogens is 258 g/mol. The molecular formula is C17H20F2O. The number of halogens is 2. The first-order valence-corrected chi connectivity index (χ1v) is 7.48. The van der Waals surface area contributed by atoms with E-state index in [1.54, 1.807) is 12.1 Å². The monoisotopic (exact) mass is 278 g/mol. The molecule has 1 nitrogen and oxygen atoms in total. The van der Waals surface area contributed by atoms with Crippen molar-refractivity contribution in [3.05, 3.63) is 47.0 Å². The van der Waals surface area contributed by atoms with E-state index in [4.69, 9.17) is 4.74 Å². The van der Waals surface area contributed by atoms with Gasteiger partial charge in [-0.05, 0) is 30.7 Å². The zero-order chi connectivity index (χ0) is 14.1. The number of rotatable bonds is 4. The third kappa shape index (κ3) is 2.64. The fourth-order valence-corrected chi connectivity index (χ4v) is 3.09. The summed E-state index contributed by atoms with van der Waals surface area (Å²) in [5.74, 6) is -0.814. The lowest BCUT2D eigenvalue weighted by molar-refractivity contribution is 0.398. The molecule has 0 radical (unpaired) electrons. The molecule has 0 N–H and O–H groups in total. The molecule has 0 amide bonds. The molecule has 3 heteroatoms. The fourth-order valence-electron chi connectivity index (χ4n) is 3.09. The molecule has 3 atom stereocenters. The summed E-state index contributed by atoms with van der Waals surface area (Å²) in [5, 5.41) is 0. The summed E-state index contributed by atoms with van der Waals surface area (Å²) >= 11 is 0. The molecule has 1 aromatic carbocycles. The maximum absolute atomic E-state index is 14.2. The SMILES string of the molecule is CCCC1C=CC(c2ccc(C3CO3)c(F)c2F)CC1. The van der Waals surface area contributed by atoms with Gasteiger partial charge >= 0.3 is 0 Å². The smallest absolute Gasteiger partial charge is 0.165 e. The van der Waals surface area contributed by atoms with Crippen molar-refractivity contribution in [3.8, 4) is 0 Å². The van der Waals surface area contributed by atoms with E-state index >= 15 is 0 Å². The lowest BCUT2D eigenvalue weighted by Crippen LogP contribution is -2.10. The minimum atomic E-state index is -0.728. The number of epoxide rings is 1. The van der Waals surface area contributed by atoms with Crippen molar-refractivity contribution in [2.24, 2.45) is 5.92 Å². The van der Waals surface area contributed by atoms with Crippen LogP contribution in [0, 0.1) is 17.6 Å². The number of benzene rings is 1. The van der Waals surface area contributed by atoms with Gasteiger partial charge in [0.05, 0.1) is 6.61 Å². The highest BCUT2D eigenvalue weighted by atomic mass is 19.2. The van der Waals surface area contributed by atoms with E-state index in [0.29, 0.717) is 23.7 Å². The van der Waals surface area contributed by atoms with E-state index < -0.39 is 11.6 Å². The van der Waals surface area contributed by atoms with Crippen molar-refractivity contribution in [3.63, 3.8) is 0 Å². The van der Waals surface area contributed by atoms with Gasteiger partial charge in [0.25, 0.3) is 0 Å². The van der Waals surface area contributed by atoms with Gasteiger partial charge in [0.15, 0.2) is 11.6 Å². The Hall–Kier alpha value is -1.22. The molecule has 20 heavy (non-hydrogen) atoms. The van der Waals surface area contributed by atoms with Crippen molar-refractivity contribution in [2.75, 3.05) is 6.61 Å². The lowest BCUT2D eigenvalue weighted by atomic mass is 9.82. The van der Waals surface area contributed by atoms with Crippen molar-refractivity contribution < 1.29 is 13.5 Å². The van der Waals surface area contributed by atoms with Gasteiger partial charge in [-0.25, -0.2) is 8.78 Å². The Morgan fingerprint density at radius 3 is 2.40 bits per heavy atom. The van der Waals surface area contributed by atoms with Crippen LogP contribution in [0.4, 0.5) is 8.78 Å². The number of hydrogen-bond donors (Lipinski definition) is 0. The first kappa shape index (κ1) is 13.7. The Balaban J connectivity index is 1.81. The molecule has 1 aromatic rings. The van der Waals surface area contributed by atoms with Crippen LogP contribution in [0.15, 0.2) is 24.3 Å². The summed E-state index contributed by atoms with van der Waals surface area (Å²) in [6.07, 6.45) is 8.29. The molecule has 1 aliphatic carbocycles. The normalized spacial score (nSPS) is 28.6. The van der Waals surface area contributed by atoms with E-state index in [-0.39, 0.29) is 12.0 Å². The number of hydrogen-bond acceptors (Lipinski definition) is 1. The van der Waals surface area contributed by atoms with Gasteiger partial charge in [-0.1, -0.05) is 37.6 Å². The number of ether oxygens (including phenoxy) is 1. The van der Waals surface area contributed by atoms with Crippen molar-refractivity contribution in [1.29, 1.82) is 0 Å². The van der Waals surface area contributed by atoms with Crippen molar-refractivity contribution in [1.82, 2.24) is 0 Å². The van der Waals surface area contributed by atoms with E-state index in [1.165, 1.54) is 12.8 Å². The molecule has 0 spiro atoms. The van der Waals surface area contributed by atoms with Crippen LogP contribution >= 0.6 is 0 Å². The van der Waals surface area contributed by atoms with Gasteiger partial charge in [0.1, 0.15) is 6.10 Å². The standard InChI is InChI=1S/C17H20F2O/c1-2-3-11-4-6-12(7-5-11)13-8-9-14(15-10-20-15)17(19)16(13)18/h4,6,8-9,11-12,15H,2-3,5,7,10H2,1H3. The average Bonchev–Trinajstić information content (AvgIpc) is 3.28. The number of allylic oxidation sites excluding steroid dienone is 2. The molecule has 2 aliphatic rings. The summed E-state index contributed by atoms with van der Waals surface area (Å²) in [5.41, 5.74) is 0.841. The Morgan fingerprint density at radius 1 is 1.10 bits per heavy atom. The molecule has 108 valence electrons. The summed E-state index contributed by atoms with van der Waals surface area (Å²) in [6, 6.07) is 3.40. The molecule has 0 aromatic heterocycles. The van der Waals surface area contributed by atoms with Crippen LogP contribution in [0.25, 0.3) is 0 Å². The second-order valence-corrected chi connectivity index (χ2v) is 5.81. The summed E-state index contributed by atoms with van der Waals surface area (Å²) in [4.78, 5) is 0. The van der Waals surface area contributed by atoms with Crippen molar-refractivity contribution in [2.45, 2.75) is 44.6 Å². The van der Waals surface area contributed by atoms with Crippen LogP contribution in [-0.2, 0) is 4.74 Å². The zero-order valence-corrected chi connectivity index (χ0v) is 11.7. The largest absolute Gasteiger partial charge is 0.368 e. The van der Waals surface area contributed by atoms with Gasteiger partial charge in [0.2, 0.25) is 0 Å². The highest BCUT2D eigenvalue weighted by Crippen LogP contribution is 2.38. The molecule has 3 unspecified atom stereocenters. The van der Waals surface area contributed by atoms with Crippen LogP contribution in [-0.4, -0.2) is 6.61 Å². The first-order valence-electron chi connectivity index (χ1n) is 7.48. The molecule has 0 saturated carbocycles. The van der Waals surface area contributed by atoms with Gasteiger partial charge in [0, 0.05) is 11.5 Å². The highest BCUT2D eigenvalue weighted by molar-refractivity contribution is 5.34. The maximum Gasteiger partial charge on any atom is 0.165 e. The Morgan fingerprint density at radius 2 is 1.80 bits per heavy atom. The lowest BCUT2D eigenvalue weighted by Gasteiger charge is -2.23. The van der Waals surface area contributed by atoms with Gasteiger partial charge < -0.3 is 4.74 Å². The minimum Gasteiger partial charge on any atom is -0.368 e. The quantitative estimate of drug-likeness (QED) is 0.564. The van der Waals surface area contributed by atoms with Gasteiger partial charge in [-0.2, -0.15) is 0 Å². The Kier molecular flexibility index (Phi) is 3.88. The fraction of sp³-hybridized carbons (Fsp3) is 0.529. The second kappa shape index (κ2) is 5.65. The van der Waals surface area contributed by atoms with Crippen LogP contribution < -0.4 is 0 Å². The molecule has 0 bridgehead atoms. The van der Waals surface area contributed by atoms with Crippen molar-refractivity contribution >= 4 is 0 Å². The molecule has 3 rings (SSSR count). The van der Waals surface area contributed by atoms with E-state index in [1.807, 2.05) is 0 Å². The second-order valence-electron chi connectivity index (χ2n) is 5.81. The third-order valence-corrected chi connectivity index (χ3v) is 4.35. The minimum absolute atomic E-state index is 0.00628. The van der Waals surface area contributed by atoms with E-state index in [2.05, 4.69) is 19.1 Å². The first-order chi connectivity index (χ1) is 9.70. The van der Waals surface area contributed by atoms with E-state index in [0.717, 1.165) is 12.8 Å². The van der Waals surface area contributed by atoms with Crippen LogP contribution in [0.3, 0.4) is 0 Å². The maximum atomic E-state index is 14.2. The zero-order valence-electron chi connectivity index (χ0n) is 11.7. The summed E-state index contributed by atoms with van der Waals surface area (Å²) in [6.45, 7) is 2.67. The van der Waals surface area contributed by atoms with Crippen LogP contribution in [0.2, 0.25) is 0 Å². The third-order valence-electron chi connectivity index (χ3n) is 4.35. The Labute approximate surface area is 118 Å². The summed E-state index contributed by atoms with van der Waals surface area (Å²) in [7, 11) is 0. The summed E-state index contributed by atoms with van der Waals surface area (Å²) < 4.78 is 33.3. The predicted octanol–water partition coefficient (Wildman–Crippen LogP) is 4.89.